The number of rotatable bonds is 4. The summed E-state index contributed by atoms with van der Waals surface area (Å²) in [6.45, 7) is 9.34. The molecule has 0 radical (unpaired) electrons. The van der Waals surface area contributed by atoms with Gasteiger partial charge >= 0.3 is 0 Å². The molecule has 0 spiro atoms. The first kappa shape index (κ1) is 14.1. The minimum atomic E-state index is 0.365. The molecule has 0 bridgehead atoms. The summed E-state index contributed by atoms with van der Waals surface area (Å²) in [5.74, 6) is 0. The summed E-state index contributed by atoms with van der Waals surface area (Å²) in [7, 11) is 0. The van der Waals surface area contributed by atoms with Crippen LogP contribution in [0.5, 0.6) is 0 Å². The van der Waals surface area contributed by atoms with E-state index in [1.54, 1.807) is 0 Å². The normalized spacial score (nSPS) is 13.9. The maximum Gasteiger partial charge on any atom is 0.0524 e. The van der Waals surface area contributed by atoms with Crippen LogP contribution < -0.4 is 0 Å². The summed E-state index contributed by atoms with van der Waals surface area (Å²) in [5, 5.41) is 2.57. The molecule has 21 heavy (non-hydrogen) atoms. The summed E-state index contributed by atoms with van der Waals surface area (Å²) in [6.07, 6.45) is 6.27. The second-order valence-electron chi connectivity index (χ2n) is 6.85. The van der Waals surface area contributed by atoms with Crippen molar-refractivity contribution in [3.8, 4) is 0 Å². The first-order chi connectivity index (χ1) is 10.0. The Morgan fingerprint density at radius 3 is 2.57 bits per heavy atom. The maximum absolute atomic E-state index is 4.31. The smallest absolute Gasteiger partial charge is 0.0524 e. The number of hydrogen-bond acceptors (Lipinski definition) is 1. The lowest BCUT2D eigenvalue weighted by Gasteiger charge is -2.28. The Morgan fingerprint density at radius 1 is 1.10 bits per heavy atom. The number of hydrogen-bond donors (Lipinski definition) is 0. The van der Waals surface area contributed by atoms with Crippen LogP contribution in [0.1, 0.15) is 46.6 Å². The van der Waals surface area contributed by atoms with Crippen LogP contribution in [0, 0.1) is 5.41 Å². The molecule has 0 aliphatic carbocycles. The summed E-state index contributed by atoms with van der Waals surface area (Å²) < 4.78 is 2.49. The SMILES string of the molecule is CCC(C)(C)CC(C)n1c2ccccc2c2cnccc21. The number of para-hydroxylation sites is 1. The lowest BCUT2D eigenvalue weighted by molar-refractivity contribution is 0.272. The van der Waals surface area contributed by atoms with Crippen LogP contribution in [-0.4, -0.2) is 9.55 Å². The monoisotopic (exact) mass is 280 g/mol. The van der Waals surface area contributed by atoms with Crippen molar-refractivity contribution in [2.45, 2.75) is 46.6 Å². The first-order valence-corrected chi connectivity index (χ1v) is 7.86. The second-order valence-corrected chi connectivity index (χ2v) is 6.85. The Labute approximate surface area is 126 Å². The van der Waals surface area contributed by atoms with Gasteiger partial charge in [0.2, 0.25) is 0 Å². The molecular weight excluding hydrogens is 256 g/mol. The Bertz CT molecular complexity index is 714. The van der Waals surface area contributed by atoms with E-state index >= 15 is 0 Å². The Hall–Kier alpha value is -1.83. The molecule has 0 N–H and O–H groups in total. The largest absolute Gasteiger partial charge is 0.338 e. The zero-order valence-corrected chi connectivity index (χ0v) is 13.4. The van der Waals surface area contributed by atoms with Gasteiger partial charge in [-0.15, -0.1) is 0 Å². The van der Waals surface area contributed by atoms with Gasteiger partial charge in [0, 0.05) is 34.7 Å². The lowest BCUT2D eigenvalue weighted by Crippen LogP contribution is -2.17. The standard InChI is InChI=1S/C19H24N2/c1-5-19(3,4)12-14(2)21-17-9-7-6-8-15(17)16-13-20-11-10-18(16)21/h6-11,13-14H,5,12H2,1-4H3. The van der Waals surface area contributed by atoms with Crippen molar-refractivity contribution in [3.05, 3.63) is 42.7 Å². The molecule has 0 fully saturated rings. The van der Waals surface area contributed by atoms with E-state index in [1.165, 1.54) is 34.6 Å². The lowest BCUT2D eigenvalue weighted by atomic mass is 9.83. The fourth-order valence-corrected chi connectivity index (χ4v) is 3.36. The average molecular weight is 280 g/mol. The molecule has 2 heteroatoms. The van der Waals surface area contributed by atoms with Gasteiger partial charge in [0.1, 0.15) is 0 Å². The molecule has 2 aromatic heterocycles. The molecule has 3 rings (SSSR count). The maximum atomic E-state index is 4.31. The highest BCUT2D eigenvalue weighted by molar-refractivity contribution is 6.07. The zero-order chi connectivity index (χ0) is 15.0. The molecule has 0 saturated heterocycles. The van der Waals surface area contributed by atoms with E-state index in [2.05, 4.69) is 67.6 Å². The van der Waals surface area contributed by atoms with Gasteiger partial charge in [-0.3, -0.25) is 4.98 Å². The van der Waals surface area contributed by atoms with Crippen LogP contribution in [0.25, 0.3) is 21.8 Å². The Balaban J connectivity index is 2.20. The van der Waals surface area contributed by atoms with E-state index in [1.807, 2.05) is 12.4 Å². The van der Waals surface area contributed by atoms with Crippen molar-refractivity contribution in [2.75, 3.05) is 0 Å². The van der Waals surface area contributed by atoms with E-state index in [-0.39, 0.29) is 0 Å². The van der Waals surface area contributed by atoms with E-state index in [0.29, 0.717) is 11.5 Å². The van der Waals surface area contributed by atoms with Gasteiger partial charge in [-0.05, 0) is 30.9 Å². The fraction of sp³-hybridized carbons (Fsp3) is 0.421. The topological polar surface area (TPSA) is 17.8 Å². The Morgan fingerprint density at radius 2 is 1.81 bits per heavy atom. The number of benzene rings is 1. The van der Waals surface area contributed by atoms with Crippen LogP contribution in [-0.2, 0) is 0 Å². The van der Waals surface area contributed by atoms with E-state index in [4.69, 9.17) is 0 Å². The molecule has 0 aliphatic heterocycles. The quantitative estimate of drug-likeness (QED) is 0.610. The number of pyridine rings is 1. The molecule has 0 amide bonds. The van der Waals surface area contributed by atoms with Crippen molar-refractivity contribution in [1.29, 1.82) is 0 Å². The predicted octanol–water partition coefficient (Wildman–Crippen LogP) is 5.58. The number of aromatic nitrogens is 2. The summed E-state index contributed by atoms with van der Waals surface area (Å²) >= 11 is 0. The van der Waals surface area contributed by atoms with Gasteiger partial charge < -0.3 is 4.57 Å². The molecule has 2 nitrogen and oxygen atoms in total. The number of fused-ring (bicyclic) bond motifs is 3. The van der Waals surface area contributed by atoms with E-state index in [0.717, 1.165) is 0 Å². The molecular formula is C19H24N2. The average Bonchev–Trinajstić information content (AvgIpc) is 2.81. The predicted molar refractivity (Wildman–Crippen MR) is 90.6 cm³/mol. The van der Waals surface area contributed by atoms with Crippen molar-refractivity contribution in [1.82, 2.24) is 9.55 Å². The highest BCUT2D eigenvalue weighted by atomic mass is 15.0. The van der Waals surface area contributed by atoms with Crippen molar-refractivity contribution >= 4 is 21.8 Å². The van der Waals surface area contributed by atoms with Crippen molar-refractivity contribution < 1.29 is 0 Å². The molecule has 1 atom stereocenters. The Kier molecular flexibility index (Phi) is 3.48. The van der Waals surface area contributed by atoms with Crippen molar-refractivity contribution in [2.24, 2.45) is 5.41 Å². The zero-order valence-electron chi connectivity index (χ0n) is 13.4. The molecule has 0 saturated carbocycles. The first-order valence-electron chi connectivity index (χ1n) is 7.86. The third-order valence-electron chi connectivity index (χ3n) is 4.76. The van der Waals surface area contributed by atoms with Crippen LogP contribution in [0.3, 0.4) is 0 Å². The minimum absolute atomic E-state index is 0.365. The summed E-state index contributed by atoms with van der Waals surface area (Å²) in [5.41, 5.74) is 2.98. The third kappa shape index (κ3) is 2.44. The second kappa shape index (κ2) is 5.18. The van der Waals surface area contributed by atoms with Gasteiger partial charge in [-0.2, -0.15) is 0 Å². The van der Waals surface area contributed by atoms with Gasteiger partial charge in [-0.25, -0.2) is 0 Å². The molecule has 2 heterocycles. The third-order valence-corrected chi connectivity index (χ3v) is 4.76. The minimum Gasteiger partial charge on any atom is -0.338 e. The van der Waals surface area contributed by atoms with Crippen LogP contribution in [0.2, 0.25) is 0 Å². The van der Waals surface area contributed by atoms with E-state index in [9.17, 15) is 0 Å². The van der Waals surface area contributed by atoms with Crippen LogP contribution in [0.15, 0.2) is 42.7 Å². The summed E-state index contributed by atoms with van der Waals surface area (Å²) in [4.78, 5) is 4.31. The van der Waals surface area contributed by atoms with Gasteiger partial charge in [-0.1, -0.05) is 45.4 Å². The highest BCUT2D eigenvalue weighted by Gasteiger charge is 2.22. The van der Waals surface area contributed by atoms with Gasteiger partial charge in [0.15, 0.2) is 0 Å². The molecule has 1 unspecified atom stereocenters. The van der Waals surface area contributed by atoms with E-state index < -0.39 is 0 Å². The fourth-order valence-electron chi connectivity index (χ4n) is 3.36. The van der Waals surface area contributed by atoms with Gasteiger partial charge in [0.05, 0.1) is 5.52 Å². The molecule has 1 aromatic carbocycles. The number of nitrogens with zero attached hydrogens (tertiary/aromatic N) is 2. The van der Waals surface area contributed by atoms with Crippen LogP contribution >= 0.6 is 0 Å². The molecule has 110 valence electrons. The van der Waals surface area contributed by atoms with Gasteiger partial charge in [0.25, 0.3) is 0 Å². The molecule has 3 aromatic rings. The summed E-state index contributed by atoms with van der Waals surface area (Å²) in [6, 6.07) is 11.3. The highest BCUT2D eigenvalue weighted by Crippen LogP contribution is 2.37. The van der Waals surface area contributed by atoms with Crippen molar-refractivity contribution in [3.63, 3.8) is 0 Å². The van der Waals surface area contributed by atoms with Crippen LogP contribution in [0.4, 0.5) is 0 Å². The molecule has 0 aliphatic rings.